The van der Waals surface area contributed by atoms with E-state index in [-0.39, 0.29) is 5.02 Å². The first-order valence-corrected chi connectivity index (χ1v) is 8.67. The number of pyridine rings is 1. The molecule has 4 rings (SSSR count). The van der Waals surface area contributed by atoms with E-state index in [1.54, 1.807) is 23.5 Å². The van der Waals surface area contributed by atoms with Gasteiger partial charge >= 0.3 is 0 Å². The van der Waals surface area contributed by atoms with Crippen LogP contribution < -0.4 is 4.57 Å². The third kappa shape index (κ3) is 2.58. The Morgan fingerprint density at radius 1 is 1.08 bits per heavy atom. The Morgan fingerprint density at radius 3 is 2.75 bits per heavy atom. The minimum atomic E-state index is -0.411. The Kier molecular flexibility index (Phi) is 3.79. The van der Waals surface area contributed by atoms with E-state index in [0.717, 1.165) is 32.6 Å². The summed E-state index contributed by atoms with van der Waals surface area (Å²) in [6.45, 7) is 0. The zero-order chi connectivity index (χ0) is 16.7. The van der Waals surface area contributed by atoms with Crippen molar-refractivity contribution in [3.05, 3.63) is 71.1 Å². The van der Waals surface area contributed by atoms with Gasteiger partial charge in [-0.05, 0) is 42.0 Å². The first-order valence-electron chi connectivity index (χ1n) is 7.41. The van der Waals surface area contributed by atoms with Gasteiger partial charge in [0.05, 0.1) is 26.3 Å². The number of nitrogens with zero attached hydrogens (tertiary/aromatic N) is 2. The maximum Gasteiger partial charge on any atom is 0.220 e. The molecule has 0 amide bonds. The fourth-order valence-electron chi connectivity index (χ4n) is 2.87. The zero-order valence-electron chi connectivity index (χ0n) is 12.8. The number of benzene rings is 2. The van der Waals surface area contributed by atoms with E-state index in [0.29, 0.717) is 0 Å². The van der Waals surface area contributed by atoms with Gasteiger partial charge in [-0.15, -0.1) is 11.3 Å². The lowest BCUT2D eigenvalue weighted by atomic mass is 9.99. The highest BCUT2D eigenvalue weighted by atomic mass is 35.5. The summed E-state index contributed by atoms with van der Waals surface area (Å²) in [5.74, 6) is -0.411. The molecule has 2 aromatic carbocycles. The summed E-state index contributed by atoms with van der Waals surface area (Å²) in [4.78, 5) is 4.33. The number of halogens is 2. The summed E-state index contributed by atoms with van der Waals surface area (Å²) in [5.41, 5.74) is 6.87. The highest BCUT2D eigenvalue weighted by Gasteiger charge is 2.18. The molecule has 2 aromatic heterocycles. The van der Waals surface area contributed by atoms with Crippen molar-refractivity contribution in [1.29, 1.82) is 0 Å². The van der Waals surface area contributed by atoms with Crippen LogP contribution in [0.25, 0.3) is 32.6 Å². The van der Waals surface area contributed by atoms with Crippen LogP contribution in [-0.4, -0.2) is 4.98 Å². The summed E-state index contributed by atoms with van der Waals surface area (Å²) in [7, 11) is 1.97. The van der Waals surface area contributed by atoms with Crippen molar-refractivity contribution < 1.29 is 8.96 Å². The topological polar surface area (TPSA) is 16.8 Å². The van der Waals surface area contributed by atoms with Crippen molar-refractivity contribution in [2.24, 2.45) is 7.05 Å². The van der Waals surface area contributed by atoms with Crippen molar-refractivity contribution in [1.82, 2.24) is 4.98 Å². The number of rotatable bonds is 2. The molecule has 2 heterocycles. The Hall–Kier alpha value is -2.30. The SMILES string of the molecule is C[n+]1cccc(-c2ccc3ncsc3c2)c1-c1ccc(F)c(Cl)c1. The number of hydrogen-bond acceptors (Lipinski definition) is 2. The Morgan fingerprint density at radius 2 is 1.92 bits per heavy atom. The quantitative estimate of drug-likeness (QED) is 0.449. The molecule has 4 aromatic rings. The molecule has 0 saturated carbocycles. The molecule has 0 radical (unpaired) electrons. The molecular formula is C19H13ClFN2S+. The smallest absolute Gasteiger partial charge is 0.220 e. The molecule has 0 unspecified atom stereocenters. The molecule has 0 aliphatic carbocycles. The maximum atomic E-state index is 13.5. The normalized spacial score (nSPS) is 11.1. The van der Waals surface area contributed by atoms with Gasteiger partial charge in [-0.25, -0.2) is 13.9 Å². The van der Waals surface area contributed by atoms with Gasteiger partial charge < -0.3 is 0 Å². The highest BCUT2D eigenvalue weighted by Crippen LogP contribution is 2.33. The molecule has 0 aliphatic rings. The molecule has 0 atom stereocenters. The number of fused-ring (bicyclic) bond motifs is 1. The molecule has 2 nitrogen and oxygen atoms in total. The van der Waals surface area contributed by atoms with Gasteiger partial charge in [-0.2, -0.15) is 0 Å². The standard InChI is InChI=1S/C19H13ClFN2S/c1-23-8-2-3-14(12-5-7-17-18(10-12)24-11-22-17)19(23)13-4-6-16(21)15(20)9-13/h2-11H,1H3/q+1. The summed E-state index contributed by atoms with van der Waals surface area (Å²) in [5, 5.41) is 0.125. The van der Waals surface area contributed by atoms with Gasteiger partial charge in [-0.1, -0.05) is 17.7 Å². The third-order valence-corrected chi connectivity index (χ3v) is 5.10. The van der Waals surface area contributed by atoms with E-state index in [1.807, 2.05) is 35.5 Å². The molecule has 0 N–H and O–H groups in total. The minimum absolute atomic E-state index is 0.125. The van der Waals surface area contributed by atoms with Crippen LogP contribution in [0.1, 0.15) is 0 Å². The summed E-state index contributed by atoms with van der Waals surface area (Å²) >= 11 is 7.60. The van der Waals surface area contributed by atoms with Crippen molar-refractivity contribution >= 4 is 33.2 Å². The van der Waals surface area contributed by atoms with Crippen molar-refractivity contribution in [2.45, 2.75) is 0 Å². The van der Waals surface area contributed by atoms with Crippen LogP contribution in [-0.2, 0) is 7.05 Å². The van der Waals surface area contributed by atoms with E-state index in [9.17, 15) is 4.39 Å². The fourth-order valence-corrected chi connectivity index (χ4v) is 3.77. The maximum absolute atomic E-state index is 13.5. The van der Waals surface area contributed by atoms with Gasteiger partial charge in [0, 0.05) is 11.6 Å². The van der Waals surface area contributed by atoms with Crippen LogP contribution in [0, 0.1) is 5.82 Å². The average molecular weight is 356 g/mol. The molecule has 24 heavy (non-hydrogen) atoms. The van der Waals surface area contributed by atoms with Crippen molar-refractivity contribution in [3.8, 4) is 22.4 Å². The van der Waals surface area contributed by atoms with Gasteiger partial charge in [-0.3, -0.25) is 0 Å². The Bertz CT molecular complexity index is 1060. The van der Waals surface area contributed by atoms with Crippen molar-refractivity contribution in [3.63, 3.8) is 0 Å². The zero-order valence-corrected chi connectivity index (χ0v) is 14.4. The van der Waals surface area contributed by atoms with Gasteiger partial charge in [0.25, 0.3) is 0 Å². The van der Waals surface area contributed by atoms with E-state index in [1.165, 1.54) is 6.07 Å². The van der Waals surface area contributed by atoms with Gasteiger partial charge in [0.2, 0.25) is 5.69 Å². The van der Waals surface area contributed by atoms with Crippen LogP contribution in [0.3, 0.4) is 0 Å². The molecule has 0 bridgehead atoms. The molecule has 0 aliphatic heterocycles. The first-order chi connectivity index (χ1) is 11.6. The Labute approximate surface area is 147 Å². The number of thiazole rings is 1. The van der Waals surface area contributed by atoms with E-state index < -0.39 is 5.82 Å². The van der Waals surface area contributed by atoms with E-state index in [2.05, 4.69) is 23.2 Å². The summed E-state index contributed by atoms with van der Waals surface area (Å²) in [6, 6.07) is 15.1. The molecule has 5 heteroatoms. The fraction of sp³-hybridized carbons (Fsp3) is 0.0526. The van der Waals surface area contributed by atoms with Crippen LogP contribution in [0.4, 0.5) is 4.39 Å². The predicted molar refractivity (Wildman–Crippen MR) is 96.6 cm³/mol. The first kappa shape index (κ1) is 15.2. The monoisotopic (exact) mass is 355 g/mol. The predicted octanol–water partition coefficient (Wildman–Crippen LogP) is 5.25. The van der Waals surface area contributed by atoms with Crippen LogP contribution in [0.15, 0.2) is 60.2 Å². The number of aryl methyl sites for hydroxylation is 1. The lowest BCUT2D eigenvalue weighted by molar-refractivity contribution is -0.660. The van der Waals surface area contributed by atoms with Crippen molar-refractivity contribution in [2.75, 3.05) is 0 Å². The van der Waals surface area contributed by atoms with Crippen LogP contribution in [0.2, 0.25) is 5.02 Å². The number of hydrogen-bond donors (Lipinski definition) is 0. The van der Waals surface area contributed by atoms with Gasteiger partial charge in [0.1, 0.15) is 12.9 Å². The third-order valence-electron chi connectivity index (χ3n) is 4.02. The molecule has 0 spiro atoms. The largest absolute Gasteiger partial charge is 0.245 e. The highest BCUT2D eigenvalue weighted by molar-refractivity contribution is 7.16. The second-order valence-corrected chi connectivity index (χ2v) is 6.84. The molecule has 0 fully saturated rings. The Balaban J connectivity index is 1.95. The molecular weight excluding hydrogens is 343 g/mol. The lowest BCUT2D eigenvalue weighted by Crippen LogP contribution is -2.30. The van der Waals surface area contributed by atoms with E-state index >= 15 is 0 Å². The minimum Gasteiger partial charge on any atom is -0.245 e. The summed E-state index contributed by atoms with van der Waals surface area (Å²) < 4.78 is 16.7. The van der Waals surface area contributed by atoms with E-state index in [4.69, 9.17) is 11.6 Å². The average Bonchev–Trinajstić information content (AvgIpc) is 3.05. The lowest BCUT2D eigenvalue weighted by Gasteiger charge is -2.08. The molecule has 0 saturated heterocycles. The van der Waals surface area contributed by atoms with Crippen LogP contribution >= 0.6 is 22.9 Å². The van der Waals surface area contributed by atoms with Crippen LogP contribution in [0.5, 0.6) is 0 Å². The second kappa shape index (κ2) is 5.96. The second-order valence-electron chi connectivity index (χ2n) is 5.55. The summed E-state index contributed by atoms with van der Waals surface area (Å²) in [6.07, 6.45) is 1.97. The van der Waals surface area contributed by atoms with Gasteiger partial charge in [0.15, 0.2) is 6.20 Å². The number of aromatic nitrogens is 2. The molecule has 118 valence electrons.